The quantitative estimate of drug-likeness (QED) is 0.599. The van der Waals surface area contributed by atoms with Crippen LogP contribution in [-0.4, -0.2) is 18.5 Å². The SMILES string of the molecule is N[C@H](C=O)CC1C=CN=CC1. The fourth-order valence-corrected chi connectivity index (χ4v) is 1.09. The van der Waals surface area contributed by atoms with Gasteiger partial charge in [0, 0.05) is 12.4 Å². The van der Waals surface area contributed by atoms with Crippen LogP contribution in [0, 0.1) is 5.92 Å². The Kier molecular flexibility index (Phi) is 2.98. The molecule has 0 radical (unpaired) electrons. The summed E-state index contributed by atoms with van der Waals surface area (Å²) in [6.45, 7) is 0. The molecule has 11 heavy (non-hydrogen) atoms. The molecule has 60 valence electrons. The van der Waals surface area contributed by atoms with Gasteiger partial charge in [-0.15, -0.1) is 0 Å². The zero-order valence-electron chi connectivity index (χ0n) is 6.31. The molecule has 0 fully saturated rings. The van der Waals surface area contributed by atoms with Crippen molar-refractivity contribution in [1.29, 1.82) is 0 Å². The minimum absolute atomic E-state index is 0.323. The average Bonchev–Trinajstić information content (AvgIpc) is 2.06. The number of hydrogen-bond acceptors (Lipinski definition) is 3. The van der Waals surface area contributed by atoms with E-state index in [1.165, 1.54) is 0 Å². The molecular formula is C8H12N2O. The zero-order valence-corrected chi connectivity index (χ0v) is 6.31. The molecule has 0 aromatic rings. The summed E-state index contributed by atoms with van der Waals surface area (Å²) in [6.07, 6.45) is 8.01. The average molecular weight is 152 g/mol. The van der Waals surface area contributed by atoms with Crippen LogP contribution in [0.15, 0.2) is 17.3 Å². The van der Waals surface area contributed by atoms with Crippen LogP contribution in [0.25, 0.3) is 0 Å². The molecule has 1 aliphatic heterocycles. The first kappa shape index (κ1) is 8.14. The highest BCUT2D eigenvalue weighted by atomic mass is 16.1. The van der Waals surface area contributed by atoms with Gasteiger partial charge in [0.1, 0.15) is 6.29 Å². The number of carbonyl (C=O) groups is 1. The Bertz CT molecular complexity index is 187. The van der Waals surface area contributed by atoms with E-state index in [1.807, 2.05) is 12.3 Å². The summed E-state index contributed by atoms with van der Waals surface area (Å²) >= 11 is 0. The molecule has 0 bridgehead atoms. The lowest BCUT2D eigenvalue weighted by Gasteiger charge is -2.13. The number of hydrogen-bond donors (Lipinski definition) is 1. The van der Waals surface area contributed by atoms with Crippen molar-refractivity contribution in [2.24, 2.45) is 16.6 Å². The Morgan fingerprint density at radius 1 is 1.82 bits per heavy atom. The lowest BCUT2D eigenvalue weighted by atomic mass is 9.97. The van der Waals surface area contributed by atoms with Gasteiger partial charge in [-0.2, -0.15) is 0 Å². The summed E-state index contributed by atoms with van der Waals surface area (Å²) < 4.78 is 0. The molecule has 1 heterocycles. The molecule has 1 aliphatic rings. The highest BCUT2D eigenvalue weighted by molar-refractivity contribution is 5.61. The number of nitrogens with two attached hydrogens (primary N) is 1. The highest BCUT2D eigenvalue weighted by Crippen LogP contribution is 2.13. The van der Waals surface area contributed by atoms with Gasteiger partial charge in [0.05, 0.1) is 6.04 Å². The Morgan fingerprint density at radius 3 is 3.18 bits per heavy atom. The molecule has 0 aliphatic carbocycles. The summed E-state index contributed by atoms with van der Waals surface area (Å²) in [7, 11) is 0. The molecule has 3 nitrogen and oxygen atoms in total. The van der Waals surface area contributed by atoms with E-state index in [9.17, 15) is 4.79 Å². The molecule has 0 aromatic heterocycles. The lowest BCUT2D eigenvalue weighted by molar-refractivity contribution is -0.109. The number of aliphatic imine (C=N–C) groups is 1. The predicted molar refractivity (Wildman–Crippen MR) is 44.4 cm³/mol. The minimum atomic E-state index is -0.323. The van der Waals surface area contributed by atoms with Crippen LogP contribution in [0.5, 0.6) is 0 Å². The lowest BCUT2D eigenvalue weighted by Crippen LogP contribution is -2.24. The van der Waals surface area contributed by atoms with Crippen molar-refractivity contribution in [3.63, 3.8) is 0 Å². The number of aldehydes is 1. The molecule has 0 saturated heterocycles. The number of nitrogens with zero attached hydrogens (tertiary/aromatic N) is 1. The van der Waals surface area contributed by atoms with Gasteiger partial charge in [0.25, 0.3) is 0 Å². The number of carbonyl (C=O) groups excluding carboxylic acids is 1. The largest absolute Gasteiger partial charge is 0.322 e. The second-order valence-corrected chi connectivity index (χ2v) is 2.70. The van der Waals surface area contributed by atoms with Gasteiger partial charge < -0.3 is 10.5 Å². The van der Waals surface area contributed by atoms with Crippen LogP contribution in [0.3, 0.4) is 0 Å². The van der Waals surface area contributed by atoms with E-state index >= 15 is 0 Å². The maximum Gasteiger partial charge on any atom is 0.136 e. The van der Waals surface area contributed by atoms with Crippen molar-refractivity contribution in [2.75, 3.05) is 0 Å². The molecular weight excluding hydrogens is 140 g/mol. The zero-order chi connectivity index (χ0) is 8.10. The molecule has 2 atom stereocenters. The molecule has 1 rings (SSSR count). The molecule has 2 N–H and O–H groups in total. The van der Waals surface area contributed by atoms with Crippen LogP contribution in [0.4, 0.5) is 0 Å². The summed E-state index contributed by atoms with van der Waals surface area (Å²) in [5.74, 6) is 0.396. The van der Waals surface area contributed by atoms with Gasteiger partial charge >= 0.3 is 0 Å². The van der Waals surface area contributed by atoms with E-state index in [0.29, 0.717) is 5.92 Å². The summed E-state index contributed by atoms with van der Waals surface area (Å²) in [5, 5.41) is 0. The van der Waals surface area contributed by atoms with Gasteiger partial charge in [-0.1, -0.05) is 6.08 Å². The Morgan fingerprint density at radius 2 is 2.64 bits per heavy atom. The van der Waals surface area contributed by atoms with Crippen molar-refractivity contribution in [3.05, 3.63) is 12.3 Å². The molecule has 0 amide bonds. The molecule has 0 aromatic carbocycles. The first-order chi connectivity index (χ1) is 5.33. The summed E-state index contributed by atoms with van der Waals surface area (Å²) in [6, 6.07) is -0.323. The van der Waals surface area contributed by atoms with Gasteiger partial charge in [0.15, 0.2) is 0 Å². The molecule has 0 spiro atoms. The van der Waals surface area contributed by atoms with Crippen LogP contribution in [0.1, 0.15) is 12.8 Å². The number of rotatable bonds is 3. The van der Waals surface area contributed by atoms with Gasteiger partial charge in [-0.05, 0) is 18.8 Å². The molecule has 3 heteroatoms. The predicted octanol–water partition coefficient (Wildman–Crippen LogP) is 0.507. The topological polar surface area (TPSA) is 55.5 Å². The third-order valence-electron chi connectivity index (χ3n) is 1.71. The fourth-order valence-electron chi connectivity index (χ4n) is 1.09. The van der Waals surface area contributed by atoms with E-state index in [2.05, 4.69) is 4.99 Å². The van der Waals surface area contributed by atoms with E-state index in [-0.39, 0.29) is 6.04 Å². The smallest absolute Gasteiger partial charge is 0.136 e. The maximum atomic E-state index is 10.2. The molecule has 0 saturated carbocycles. The first-order valence-electron chi connectivity index (χ1n) is 3.72. The Labute approximate surface area is 66.0 Å². The van der Waals surface area contributed by atoms with Crippen molar-refractivity contribution < 1.29 is 4.79 Å². The summed E-state index contributed by atoms with van der Waals surface area (Å²) in [4.78, 5) is 14.1. The highest BCUT2D eigenvalue weighted by Gasteiger charge is 2.10. The van der Waals surface area contributed by atoms with Gasteiger partial charge in [0.2, 0.25) is 0 Å². The van der Waals surface area contributed by atoms with Crippen LogP contribution < -0.4 is 5.73 Å². The van der Waals surface area contributed by atoms with Gasteiger partial charge in [-0.3, -0.25) is 4.99 Å². The first-order valence-corrected chi connectivity index (χ1v) is 3.72. The second-order valence-electron chi connectivity index (χ2n) is 2.70. The standard InChI is InChI=1S/C8H12N2O/c9-8(6-11)5-7-1-3-10-4-2-7/h1,3-4,6-8H,2,5,9H2/t7?,8-/m0/s1. The fraction of sp³-hybridized carbons (Fsp3) is 0.500. The normalized spacial score (nSPS) is 25.0. The van der Waals surface area contributed by atoms with Crippen LogP contribution >= 0.6 is 0 Å². The van der Waals surface area contributed by atoms with Crippen molar-refractivity contribution >= 4 is 12.5 Å². The number of allylic oxidation sites excluding steroid dienone is 1. The van der Waals surface area contributed by atoms with Crippen molar-refractivity contribution in [3.8, 4) is 0 Å². The van der Waals surface area contributed by atoms with Crippen molar-refractivity contribution in [1.82, 2.24) is 0 Å². The third kappa shape index (κ3) is 2.63. The van der Waals surface area contributed by atoms with E-state index in [4.69, 9.17) is 5.73 Å². The maximum absolute atomic E-state index is 10.2. The molecule has 1 unspecified atom stereocenters. The van der Waals surface area contributed by atoms with E-state index < -0.39 is 0 Å². The third-order valence-corrected chi connectivity index (χ3v) is 1.71. The van der Waals surface area contributed by atoms with E-state index in [1.54, 1.807) is 6.20 Å². The Hall–Kier alpha value is -0.960. The Balaban J connectivity index is 2.32. The van der Waals surface area contributed by atoms with Crippen LogP contribution in [0.2, 0.25) is 0 Å². The minimum Gasteiger partial charge on any atom is -0.322 e. The van der Waals surface area contributed by atoms with E-state index in [0.717, 1.165) is 19.1 Å². The summed E-state index contributed by atoms with van der Waals surface area (Å²) in [5.41, 5.74) is 5.46. The monoisotopic (exact) mass is 152 g/mol. The van der Waals surface area contributed by atoms with Crippen molar-refractivity contribution in [2.45, 2.75) is 18.9 Å². The van der Waals surface area contributed by atoms with Gasteiger partial charge in [-0.25, -0.2) is 0 Å². The van der Waals surface area contributed by atoms with Crippen LogP contribution in [-0.2, 0) is 4.79 Å². The second kappa shape index (κ2) is 4.03.